The molecule has 4 heteroatoms. The van der Waals surface area contributed by atoms with Crippen molar-refractivity contribution in [2.45, 2.75) is 25.9 Å². The van der Waals surface area contributed by atoms with Crippen LogP contribution < -0.4 is 0 Å². The lowest BCUT2D eigenvalue weighted by Gasteiger charge is -2.08. The molecule has 0 fully saturated rings. The third-order valence-electron chi connectivity index (χ3n) is 2.41. The van der Waals surface area contributed by atoms with Gasteiger partial charge in [0.1, 0.15) is 5.82 Å². The summed E-state index contributed by atoms with van der Waals surface area (Å²) in [6.07, 6.45) is 0.914. The second kappa shape index (κ2) is 5.97. The predicted molar refractivity (Wildman–Crippen MR) is 61.4 cm³/mol. The molecule has 0 amide bonds. The number of carbonyl (C=O) groups is 1. The van der Waals surface area contributed by atoms with Crippen LogP contribution in [0.15, 0.2) is 18.2 Å². The quantitative estimate of drug-likeness (QED) is 0.742. The summed E-state index contributed by atoms with van der Waals surface area (Å²) < 4.78 is 18.0. The van der Waals surface area contributed by atoms with Crippen LogP contribution in [0.5, 0.6) is 0 Å². The molecule has 2 nitrogen and oxygen atoms in total. The number of Topliss-reactive ketones (excluding diaryl/α,β-unsaturated/α-hetero) is 1. The Hall–Kier alpha value is -0.930. The molecule has 0 aliphatic carbocycles. The van der Waals surface area contributed by atoms with Gasteiger partial charge in [-0.25, -0.2) is 4.39 Å². The van der Waals surface area contributed by atoms with Gasteiger partial charge in [0.25, 0.3) is 0 Å². The zero-order chi connectivity index (χ0) is 12.1. The van der Waals surface area contributed by atoms with Crippen LogP contribution in [0, 0.1) is 5.82 Å². The third kappa shape index (κ3) is 3.58. The van der Waals surface area contributed by atoms with Crippen LogP contribution in [0.4, 0.5) is 4.39 Å². The molecule has 1 rings (SSSR count). The zero-order valence-electron chi connectivity index (χ0n) is 9.30. The molecule has 0 saturated heterocycles. The largest absolute Gasteiger partial charge is 0.382 e. The van der Waals surface area contributed by atoms with Crippen molar-refractivity contribution < 1.29 is 13.9 Å². The molecule has 16 heavy (non-hydrogen) atoms. The van der Waals surface area contributed by atoms with Gasteiger partial charge in [-0.2, -0.15) is 0 Å². The monoisotopic (exact) mass is 244 g/mol. The van der Waals surface area contributed by atoms with E-state index in [9.17, 15) is 9.18 Å². The van der Waals surface area contributed by atoms with Gasteiger partial charge in [0.2, 0.25) is 0 Å². The Morgan fingerprint density at radius 2 is 2.25 bits per heavy atom. The van der Waals surface area contributed by atoms with E-state index in [2.05, 4.69) is 0 Å². The van der Waals surface area contributed by atoms with Crippen molar-refractivity contribution in [1.29, 1.82) is 0 Å². The minimum Gasteiger partial charge on any atom is -0.382 e. The van der Waals surface area contributed by atoms with Crippen LogP contribution in [0.2, 0.25) is 5.02 Å². The molecule has 1 aromatic carbocycles. The van der Waals surface area contributed by atoms with Gasteiger partial charge in [-0.3, -0.25) is 4.79 Å². The number of halogens is 2. The smallest absolute Gasteiger partial charge is 0.164 e. The Morgan fingerprint density at radius 1 is 1.56 bits per heavy atom. The summed E-state index contributed by atoms with van der Waals surface area (Å²) in [6, 6.07) is 3.79. The van der Waals surface area contributed by atoms with E-state index in [-0.39, 0.29) is 22.5 Å². The van der Waals surface area contributed by atoms with Crippen LogP contribution in [0.1, 0.15) is 30.1 Å². The zero-order valence-corrected chi connectivity index (χ0v) is 10.1. The van der Waals surface area contributed by atoms with Gasteiger partial charge in [-0.05, 0) is 31.5 Å². The van der Waals surface area contributed by atoms with Crippen molar-refractivity contribution in [2.24, 2.45) is 0 Å². The summed E-state index contributed by atoms with van der Waals surface area (Å²) in [5.41, 5.74) is 0.241. The van der Waals surface area contributed by atoms with Crippen LogP contribution in [-0.4, -0.2) is 19.0 Å². The Bertz CT molecular complexity index is 379. The van der Waals surface area contributed by atoms with E-state index >= 15 is 0 Å². The van der Waals surface area contributed by atoms with Gasteiger partial charge < -0.3 is 4.74 Å². The number of benzene rings is 1. The van der Waals surface area contributed by atoms with Gasteiger partial charge in [0.15, 0.2) is 5.78 Å². The fraction of sp³-hybridized carbons (Fsp3) is 0.417. The second-order valence-electron chi connectivity index (χ2n) is 3.63. The highest BCUT2D eigenvalue weighted by atomic mass is 35.5. The minimum absolute atomic E-state index is 0.0104. The summed E-state index contributed by atoms with van der Waals surface area (Å²) in [4.78, 5) is 11.7. The van der Waals surface area contributed by atoms with Crippen molar-refractivity contribution in [2.75, 3.05) is 7.11 Å². The summed E-state index contributed by atoms with van der Waals surface area (Å²) in [5, 5.41) is 0.288. The number of methoxy groups -OCH3 is 1. The number of ether oxygens (including phenoxy) is 1. The molecule has 0 spiro atoms. The van der Waals surface area contributed by atoms with Crippen molar-refractivity contribution in [3.8, 4) is 0 Å². The Labute approximate surface area is 99.4 Å². The van der Waals surface area contributed by atoms with Gasteiger partial charge in [-0.1, -0.05) is 11.6 Å². The lowest BCUT2D eigenvalue weighted by atomic mass is 10.0. The Morgan fingerprint density at radius 3 is 2.88 bits per heavy atom. The average molecular weight is 245 g/mol. The average Bonchev–Trinajstić information content (AvgIpc) is 2.28. The summed E-state index contributed by atoms with van der Waals surface area (Å²) >= 11 is 5.82. The Kier molecular flexibility index (Phi) is 4.90. The van der Waals surface area contributed by atoms with Crippen LogP contribution >= 0.6 is 11.6 Å². The van der Waals surface area contributed by atoms with Crippen molar-refractivity contribution in [3.05, 3.63) is 34.6 Å². The number of hydrogen-bond donors (Lipinski definition) is 0. The topological polar surface area (TPSA) is 26.3 Å². The second-order valence-corrected chi connectivity index (χ2v) is 4.04. The summed E-state index contributed by atoms with van der Waals surface area (Å²) in [6.45, 7) is 1.88. The van der Waals surface area contributed by atoms with Crippen molar-refractivity contribution in [1.82, 2.24) is 0 Å². The molecule has 1 atom stereocenters. The van der Waals surface area contributed by atoms with E-state index in [1.807, 2.05) is 6.92 Å². The fourth-order valence-corrected chi connectivity index (χ4v) is 1.52. The number of ketones is 1. The van der Waals surface area contributed by atoms with Gasteiger partial charge in [0, 0.05) is 19.1 Å². The van der Waals surface area contributed by atoms with E-state index < -0.39 is 5.82 Å². The standard InChI is InChI=1S/C12H14ClFO2/c1-8(16-2)3-6-12(15)10-7-9(14)4-5-11(10)13/h4-5,7-8H,3,6H2,1-2H3. The van der Waals surface area contributed by atoms with E-state index in [1.165, 1.54) is 18.2 Å². The number of carbonyl (C=O) groups excluding carboxylic acids is 1. The van der Waals surface area contributed by atoms with Crippen LogP contribution in [0.25, 0.3) is 0 Å². The first-order chi connectivity index (χ1) is 7.54. The maximum Gasteiger partial charge on any atom is 0.164 e. The maximum absolute atomic E-state index is 12.9. The molecule has 0 N–H and O–H groups in total. The van der Waals surface area contributed by atoms with E-state index in [1.54, 1.807) is 7.11 Å². The molecule has 0 aliphatic rings. The molecule has 1 unspecified atom stereocenters. The number of rotatable bonds is 5. The lowest BCUT2D eigenvalue weighted by Crippen LogP contribution is -2.09. The van der Waals surface area contributed by atoms with Gasteiger partial charge >= 0.3 is 0 Å². The first kappa shape index (κ1) is 13.1. The summed E-state index contributed by atoms with van der Waals surface area (Å²) in [5.74, 6) is -0.610. The molecule has 0 aromatic heterocycles. The predicted octanol–water partition coefficient (Wildman–Crippen LogP) is 3.48. The molecule has 88 valence electrons. The van der Waals surface area contributed by atoms with Gasteiger partial charge in [0.05, 0.1) is 11.1 Å². The first-order valence-electron chi connectivity index (χ1n) is 5.05. The molecule has 0 bridgehead atoms. The molecule has 0 saturated carbocycles. The summed E-state index contributed by atoms with van der Waals surface area (Å²) in [7, 11) is 1.59. The maximum atomic E-state index is 12.9. The highest BCUT2D eigenvalue weighted by molar-refractivity contribution is 6.33. The van der Waals surface area contributed by atoms with Gasteiger partial charge in [-0.15, -0.1) is 0 Å². The van der Waals surface area contributed by atoms with E-state index in [0.717, 1.165) is 0 Å². The first-order valence-corrected chi connectivity index (χ1v) is 5.43. The lowest BCUT2D eigenvalue weighted by molar-refractivity contribution is 0.0877. The van der Waals surface area contributed by atoms with E-state index in [0.29, 0.717) is 12.8 Å². The van der Waals surface area contributed by atoms with Crippen molar-refractivity contribution >= 4 is 17.4 Å². The third-order valence-corrected chi connectivity index (χ3v) is 2.74. The fourth-order valence-electron chi connectivity index (χ4n) is 1.30. The molecule has 0 radical (unpaired) electrons. The molecule has 0 aliphatic heterocycles. The minimum atomic E-state index is -0.451. The molecule has 1 aromatic rings. The van der Waals surface area contributed by atoms with Crippen molar-refractivity contribution in [3.63, 3.8) is 0 Å². The normalized spacial score (nSPS) is 12.5. The molecular formula is C12H14ClFO2. The number of hydrogen-bond acceptors (Lipinski definition) is 2. The molecule has 0 heterocycles. The van der Waals surface area contributed by atoms with E-state index in [4.69, 9.17) is 16.3 Å². The molecular weight excluding hydrogens is 231 g/mol. The van der Waals surface area contributed by atoms with Crippen LogP contribution in [0.3, 0.4) is 0 Å². The SMILES string of the molecule is COC(C)CCC(=O)c1cc(F)ccc1Cl. The highest BCUT2D eigenvalue weighted by Crippen LogP contribution is 2.19. The Balaban J connectivity index is 2.69. The van der Waals surface area contributed by atoms with Crippen LogP contribution in [-0.2, 0) is 4.74 Å². The highest BCUT2D eigenvalue weighted by Gasteiger charge is 2.12.